The van der Waals surface area contributed by atoms with Crippen LogP contribution in [-0.2, 0) is 4.79 Å². The van der Waals surface area contributed by atoms with E-state index in [2.05, 4.69) is 15.3 Å². The van der Waals surface area contributed by atoms with Gasteiger partial charge < -0.3 is 9.73 Å². The number of carbonyl (C=O) groups excluding carboxylic acids is 1. The standard InChI is InChI=1S/C19H14FN3O2S2/c1-11-2-7-14-16(8-11)25-19(22-14)27-10-17(24)23-18-21-15(9-26-18)12-3-5-13(20)6-4-12/h2-9H,10H2,1H3,(H,21,23,24). The van der Waals surface area contributed by atoms with Crippen LogP contribution in [0.15, 0.2) is 57.5 Å². The number of thioether (sulfide) groups is 1. The Morgan fingerprint density at radius 2 is 2.04 bits per heavy atom. The zero-order chi connectivity index (χ0) is 18.8. The van der Waals surface area contributed by atoms with Crippen molar-refractivity contribution in [3.8, 4) is 11.3 Å². The maximum atomic E-state index is 13.0. The van der Waals surface area contributed by atoms with Gasteiger partial charge in [-0.1, -0.05) is 17.8 Å². The number of hydrogen-bond donors (Lipinski definition) is 1. The number of thiazole rings is 1. The average molecular weight is 399 g/mol. The molecule has 0 atom stereocenters. The molecular weight excluding hydrogens is 385 g/mol. The summed E-state index contributed by atoms with van der Waals surface area (Å²) in [6.45, 7) is 1.98. The Morgan fingerprint density at radius 3 is 2.85 bits per heavy atom. The maximum absolute atomic E-state index is 13.0. The van der Waals surface area contributed by atoms with Gasteiger partial charge in [-0.3, -0.25) is 4.79 Å². The number of halogens is 1. The molecule has 0 aliphatic rings. The Hall–Kier alpha value is -2.71. The zero-order valence-corrected chi connectivity index (χ0v) is 15.9. The monoisotopic (exact) mass is 399 g/mol. The van der Waals surface area contributed by atoms with Crippen molar-refractivity contribution in [2.75, 3.05) is 11.1 Å². The van der Waals surface area contributed by atoms with Crippen LogP contribution in [0.5, 0.6) is 0 Å². The van der Waals surface area contributed by atoms with E-state index in [9.17, 15) is 9.18 Å². The molecule has 136 valence electrons. The van der Waals surface area contributed by atoms with Crippen molar-refractivity contribution in [2.45, 2.75) is 12.1 Å². The van der Waals surface area contributed by atoms with Gasteiger partial charge in [-0.05, 0) is 48.9 Å². The fourth-order valence-corrected chi connectivity index (χ4v) is 3.81. The summed E-state index contributed by atoms with van der Waals surface area (Å²) in [4.78, 5) is 20.9. The van der Waals surface area contributed by atoms with Crippen molar-refractivity contribution in [1.82, 2.24) is 9.97 Å². The average Bonchev–Trinajstić information content (AvgIpc) is 3.27. The molecule has 8 heteroatoms. The number of nitrogens with one attached hydrogen (secondary N) is 1. The Morgan fingerprint density at radius 1 is 1.22 bits per heavy atom. The second kappa shape index (κ2) is 7.50. The second-order valence-corrected chi connectivity index (χ2v) is 7.62. The van der Waals surface area contributed by atoms with E-state index >= 15 is 0 Å². The number of anilines is 1. The van der Waals surface area contributed by atoms with E-state index in [0.717, 1.165) is 16.6 Å². The molecule has 4 rings (SSSR count). The summed E-state index contributed by atoms with van der Waals surface area (Å²) in [7, 11) is 0. The molecule has 1 amide bonds. The molecule has 0 unspecified atom stereocenters. The number of oxazole rings is 1. The van der Waals surface area contributed by atoms with Gasteiger partial charge in [-0.2, -0.15) is 0 Å². The number of hydrogen-bond acceptors (Lipinski definition) is 6. The lowest BCUT2D eigenvalue weighted by atomic mass is 10.2. The Kier molecular flexibility index (Phi) is 4.91. The quantitative estimate of drug-likeness (QED) is 0.471. The lowest BCUT2D eigenvalue weighted by Crippen LogP contribution is -2.13. The topological polar surface area (TPSA) is 68.0 Å². The smallest absolute Gasteiger partial charge is 0.257 e. The molecule has 2 aromatic heterocycles. The third kappa shape index (κ3) is 4.17. The number of benzene rings is 2. The lowest BCUT2D eigenvalue weighted by Gasteiger charge is -1.99. The van der Waals surface area contributed by atoms with E-state index in [-0.39, 0.29) is 17.5 Å². The minimum absolute atomic E-state index is 0.164. The molecule has 0 bridgehead atoms. The molecule has 0 aliphatic heterocycles. The van der Waals surface area contributed by atoms with Gasteiger partial charge in [0.25, 0.3) is 5.22 Å². The third-order valence-electron chi connectivity index (χ3n) is 3.74. The largest absolute Gasteiger partial charge is 0.431 e. The SMILES string of the molecule is Cc1ccc2nc(SCC(=O)Nc3nc(-c4ccc(F)cc4)cs3)oc2c1. The highest BCUT2D eigenvalue weighted by Crippen LogP contribution is 2.26. The number of rotatable bonds is 5. The fourth-order valence-electron chi connectivity index (χ4n) is 2.44. The third-order valence-corrected chi connectivity index (χ3v) is 5.33. The van der Waals surface area contributed by atoms with Gasteiger partial charge in [-0.15, -0.1) is 11.3 Å². The highest BCUT2D eigenvalue weighted by Gasteiger charge is 2.12. The van der Waals surface area contributed by atoms with Gasteiger partial charge in [0, 0.05) is 10.9 Å². The van der Waals surface area contributed by atoms with Crippen LogP contribution >= 0.6 is 23.1 Å². The number of amides is 1. The van der Waals surface area contributed by atoms with Crippen LogP contribution in [0.25, 0.3) is 22.4 Å². The Labute approximate surface area is 162 Å². The number of carbonyl (C=O) groups is 1. The molecule has 27 heavy (non-hydrogen) atoms. The Balaban J connectivity index is 1.37. The van der Waals surface area contributed by atoms with Crippen LogP contribution in [-0.4, -0.2) is 21.6 Å². The number of fused-ring (bicyclic) bond motifs is 1. The summed E-state index contributed by atoms with van der Waals surface area (Å²) in [5, 5.41) is 5.53. The molecule has 2 aromatic carbocycles. The van der Waals surface area contributed by atoms with Crippen LogP contribution < -0.4 is 5.32 Å². The van der Waals surface area contributed by atoms with E-state index in [1.807, 2.05) is 30.5 Å². The predicted molar refractivity (Wildman–Crippen MR) is 106 cm³/mol. The molecule has 0 radical (unpaired) electrons. The lowest BCUT2D eigenvalue weighted by molar-refractivity contribution is -0.113. The van der Waals surface area contributed by atoms with Crippen LogP contribution in [0.2, 0.25) is 0 Å². The molecule has 1 N–H and O–H groups in total. The van der Waals surface area contributed by atoms with Crippen molar-refractivity contribution >= 4 is 45.2 Å². The van der Waals surface area contributed by atoms with Gasteiger partial charge in [-0.25, -0.2) is 14.4 Å². The number of aromatic nitrogens is 2. The first-order valence-corrected chi connectivity index (χ1v) is 9.95. The van der Waals surface area contributed by atoms with Crippen LogP contribution in [0.4, 0.5) is 9.52 Å². The summed E-state index contributed by atoms with van der Waals surface area (Å²) < 4.78 is 18.7. The van der Waals surface area contributed by atoms with Gasteiger partial charge in [0.15, 0.2) is 10.7 Å². The minimum Gasteiger partial charge on any atom is -0.431 e. The van der Waals surface area contributed by atoms with E-state index in [0.29, 0.717) is 21.6 Å². The van der Waals surface area contributed by atoms with Crippen molar-refractivity contribution in [1.29, 1.82) is 0 Å². The summed E-state index contributed by atoms with van der Waals surface area (Å²) in [6, 6.07) is 11.8. The summed E-state index contributed by atoms with van der Waals surface area (Å²) >= 11 is 2.55. The molecule has 4 aromatic rings. The van der Waals surface area contributed by atoms with Gasteiger partial charge >= 0.3 is 0 Å². The van der Waals surface area contributed by atoms with Gasteiger partial charge in [0.2, 0.25) is 5.91 Å². The highest BCUT2D eigenvalue weighted by molar-refractivity contribution is 7.99. The molecule has 0 aliphatic carbocycles. The second-order valence-electron chi connectivity index (χ2n) is 5.83. The van der Waals surface area contributed by atoms with E-state index in [1.165, 1.54) is 35.2 Å². The van der Waals surface area contributed by atoms with Crippen molar-refractivity contribution in [2.24, 2.45) is 0 Å². The van der Waals surface area contributed by atoms with Crippen molar-refractivity contribution < 1.29 is 13.6 Å². The molecular formula is C19H14FN3O2S2. The van der Waals surface area contributed by atoms with E-state index in [1.54, 1.807) is 12.1 Å². The maximum Gasteiger partial charge on any atom is 0.257 e. The molecule has 2 heterocycles. The van der Waals surface area contributed by atoms with Crippen LogP contribution in [0.1, 0.15) is 5.56 Å². The van der Waals surface area contributed by atoms with Crippen LogP contribution in [0, 0.1) is 12.7 Å². The van der Waals surface area contributed by atoms with Gasteiger partial charge in [0.05, 0.1) is 11.4 Å². The fraction of sp³-hybridized carbons (Fsp3) is 0.105. The summed E-state index contributed by atoms with van der Waals surface area (Å²) in [5.41, 5.74) is 4.06. The zero-order valence-electron chi connectivity index (χ0n) is 14.2. The summed E-state index contributed by atoms with van der Waals surface area (Å²) in [5.74, 6) is -0.329. The first-order chi connectivity index (χ1) is 13.1. The van der Waals surface area contributed by atoms with Crippen LogP contribution in [0.3, 0.4) is 0 Å². The molecule has 0 saturated carbocycles. The van der Waals surface area contributed by atoms with E-state index < -0.39 is 0 Å². The normalized spacial score (nSPS) is 11.0. The molecule has 5 nitrogen and oxygen atoms in total. The Bertz CT molecular complexity index is 1110. The summed E-state index contributed by atoms with van der Waals surface area (Å²) in [6.07, 6.45) is 0. The molecule has 0 saturated heterocycles. The van der Waals surface area contributed by atoms with Gasteiger partial charge in [0.1, 0.15) is 11.3 Å². The van der Waals surface area contributed by atoms with E-state index in [4.69, 9.17) is 4.42 Å². The van der Waals surface area contributed by atoms with Crippen molar-refractivity contribution in [3.05, 3.63) is 59.2 Å². The molecule has 0 fully saturated rings. The van der Waals surface area contributed by atoms with Crippen molar-refractivity contribution in [3.63, 3.8) is 0 Å². The minimum atomic E-state index is -0.297. The molecule has 0 spiro atoms. The number of aryl methyl sites for hydroxylation is 1. The highest BCUT2D eigenvalue weighted by atomic mass is 32.2. The first-order valence-electron chi connectivity index (χ1n) is 8.08. The predicted octanol–water partition coefficient (Wildman–Crippen LogP) is 5.13. The first kappa shape index (κ1) is 17.7. The number of nitrogens with zero attached hydrogens (tertiary/aromatic N) is 2.